The van der Waals surface area contributed by atoms with Gasteiger partial charge in [-0.1, -0.05) is 12.1 Å². The number of halogens is 1. The van der Waals surface area contributed by atoms with Crippen molar-refractivity contribution in [2.24, 2.45) is 0 Å². The molecule has 21 heavy (non-hydrogen) atoms. The van der Waals surface area contributed by atoms with E-state index in [2.05, 4.69) is 4.98 Å². The van der Waals surface area contributed by atoms with Crippen molar-refractivity contribution in [2.45, 2.75) is 24.8 Å². The van der Waals surface area contributed by atoms with Crippen LogP contribution in [-0.4, -0.2) is 30.6 Å². The maximum atomic E-state index is 12.5. The van der Waals surface area contributed by atoms with E-state index in [4.69, 9.17) is 11.6 Å². The molecule has 2 rings (SSSR count). The number of hydrogen-bond acceptors (Lipinski definition) is 4. The van der Waals surface area contributed by atoms with Gasteiger partial charge < -0.3 is 0 Å². The summed E-state index contributed by atoms with van der Waals surface area (Å²) in [6.07, 6.45) is 0.734. The molecule has 7 heteroatoms. The SMILES string of the molecule is Cc1ncsc1CN(C)S(=O)(=O)c1ccc(CCCl)cc1. The molecule has 4 nitrogen and oxygen atoms in total. The molecule has 0 spiro atoms. The Morgan fingerprint density at radius 2 is 1.95 bits per heavy atom. The topological polar surface area (TPSA) is 50.3 Å². The first-order valence-corrected chi connectivity index (χ1v) is 9.31. The van der Waals surface area contributed by atoms with E-state index < -0.39 is 10.0 Å². The molecule has 1 aromatic carbocycles. The third kappa shape index (κ3) is 3.83. The van der Waals surface area contributed by atoms with Gasteiger partial charge in [-0.3, -0.25) is 0 Å². The van der Waals surface area contributed by atoms with Gasteiger partial charge in [0.2, 0.25) is 10.0 Å². The number of sulfonamides is 1. The molecule has 0 unspecified atom stereocenters. The van der Waals surface area contributed by atoms with Crippen LogP contribution in [0.2, 0.25) is 0 Å². The molecule has 114 valence electrons. The molecule has 1 heterocycles. The number of alkyl halides is 1. The van der Waals surface area contributed by atoms with Crippen LogP contribution in [0.3, 0.4) is 0 Å². The maximum Gasteiger partial charge on any atom is 0.243 e. The lowest BCUT2D eigenvalue weighted by molar-refractivity contribution is 0.468. The van der Waals surface area contributed by atoms with Crippen LogP contribution in [0.1, 0.15) is 16.1 Å². The van der Waals surface area contributed by atoms with Crippen molar-refractivity contribution in [3.63, 3.8) is 0 Å². The van der Waals surface area contributed by atoms with Gasteiger partial charge in [0.05, 0.1) is 16.1 Å². The van der Waals surface area contributed by atoms with E-state index in [1.54, 1.807) is 36.8 Å². The second-order valence-electron chi connectivity index (χ2n) is 4.70. The Bertz CT molecular complexity index is 696. The van der Waals surface area contributed by atoms with E-state index in [0.29, 0.717) is 17.3 Å². The summed E-state index contributed by atoms with van der Waals surface area (Å²) >= 11 is 7.15. The summed E-state index contributed by atoms with van der Waals surface area (Å²) in [6, 6.07) is 6.88. The molecule has 0 bridgehead atoms. The molecule has 0 saturated carbocycles. The summed E-state index contributed by atoms with van der Waals surface area (Å²) in [5, 5.41) is 0. The highest BCUT2D eigenvalue weighted by molar-refractivity contribution is 7.89. The minimum Gasteiger partial charge on any atom is -0.250 e. The van der Waals surface area contributed by atoms with Crippen molar-refractivity contribution < 1.29 is 8.42 Å². The number of aromatic nitrogens is 1. The smallest absolute Gasteiger partial charge is 0.243 e. The lowest BCUT2D eigenvalue weighted by Gasteiger charge is -2.17. The maximum absolute atomic E-state index is 12.5. The Morgan fingerprint density at radius 1 is 1.29 bits per heavy atom. The Labute approximate surface area is 134 Å². The lowest BCUT2D eigenvalue weighted by atomic mass is 10.2. The highest BCUT2D eigenvalue weighted by Crippen LogP contribution is 2.20. The Balaban J connectivity index is 2.18. The monoisotopic (exact) mass is 344 g/mol. The molecule has 0 saturated heterocycles. The highest BCUT2D eigenvalue weighted by atomic mass is 35.5. The summed E-state index contributed by atoms with van der Waals surface area (Å²) in [6.45, 7) is 2.22. The van der Waals surface area contributed by atoms with Crippen LogP contribution < -0.4 is 0 Å². The molecule has 0 radical (unpaired) electrons. The van der Waals surface area contributed by atoms with Crippen molar-refractivity contribution in [3.8, 4) is 0 Å². The highest BCUT2D eigenvalue weighted by Gasteiger charge is 2.21. The number of aryl methyl sites for hydroxylation is 2. The molecule has 0 aliphatic rings. The third-order valence-corrected chi connectivity index (χ3v) is 6.15. The standard InChI is InChI=1S/C14H17ClN2O2S2/c1-11-14(20-10-16-11)9-17(2)21(18,19)13-5-3-12(4-6-13)7-8-15/h3-6,10H,7-9H2,1-2H3. The first kappa shape index (κ1) is 16.4. The van der Waals surface area contributed by atoms with Gasteiger partial charge in [0.1, 0.15) is 0 Å². The molecule has 0 atom stereocenters. The third-order valence-electron chi connectivity index (χ3n) is 3.23. The van der Waals surface area contributed by atoms with Crippen LogP contribution in [-0.2, 0) is 23.0 Å². The predicted molar refractivity (Wildman–Crippen MR) is 86.4 cm³/mol. The lowest BCUT2D eigenvalue weighted by Crippen LogP contribution is -2.26. The van der Waals surface area contributed by atoms with E-state index in [-0.39, 0.29) is 0 Å². The summed E-state index contributed by atoms with van der Waals surface area (Å²) in [7, 11) is -1.90. The van der Waals surface area contributed by atoms with Crippen LogP contribution in [0.25, 0.3) is 0 Å². The molecule has 0 N–H and O–H groups in total. The first-order chi connectivity index (χ1) is 9.95. The number of nitrogens with zero attached hydrogens (tertiary/aromatic N) is 2. The zero-order chi connectivity index (χ0) is 15.5. The fourth-order valence-electron chi connectivity index (χ4n) is 1.88. The zero-order valence-corrected chi connectivity index (χ0v) is 14.3. The normalized spacial score (nSPS) is 12.0. The fourth-order valence-corrected chi connectivity index (χ4v) is 4.15. The number of thiazole rings is 1. The van der Waals surface area contributed by atoms with Crippen molar-refractivity contribution in [1.82, 2.24) is 9.29 Å². The van der Waals surface area contributed by atoms with E-state index in [9.17, 15) is 8.42 Å². The number of hydrogen-bond donors (Lipinski definition) is 0. The molecule has 1 aromatic heterocycles. The molecular formula is C14H17ClN2O2S2. The Hall–Kier alpha value is -0.950. The second kappa shape index (κ2) is 6.87. The Morgan fingerprint density at radius 3 is 2.48 bits per heavy atom. The van der Waals surface area contributed by atoms with Gasteiger partial charge in [-0.15, -0.1) is 22.9 Å². The molecule has 2 aromatic rings. The van der Waals surface area contributed by atoms with Gasteiger partial charge in [0, 0.05) is 24.3 Å². The van der Waals surface area contributed by atoms with Crippen LogP contribution in [0, 0.1) is 6.92 Å². The van der Waals surface area contributed by atoms with Crippen molar-refractivity contribution in [2.75, 3.05) is 12.9 Å². The molecule has 0 aliphatic carbocycles. The van der Waals surface area contributed by atoms with Crippen molar-refractivity contribution >= 4 is 33.0 Å². The van der Waals surface area contributed by atoms with Crippen molar-refractivity contribution in [1.29, 1.82) is 0 Å². The first-order valence-electron chi connectivity index (χ1n) is 6.45. The summed E-state index contributed by atoms with van der Waals surface area (Å²) in [5.41, 5.74) is 3.64. The van der Waals surface area contributed by atoms with E-state index in [0.717, 1.165) is 22.6 Å². The van der Waals surface area contributed by atoms with Gasteiger partial charge >= 0.3 is 0 Å². The fraction of sp³-hybridized carbons (Fsp3) is 0.357. The van der Waals surface area contributed by atoms with E-state index in [1.165, 1.54) is 15.6 Å². The predicted octanol–water partition coefficient (Wildman–Crippen LogP) is 3.05. The molecular weight excluding hydrogens is 328 g/mol. The van der Waals surface area contributed by atoms with Crippen LogP contribution in [0.4, 0.5) is 0 Å². The zero-order valence-electron chi connectivity index (χ0n) is 11.9. The number of rotatable bonds is 6. The van der Waals surface area contributed by atoms with Crippen LogP contribution >= 0.6 is 22.9 Å². The molecule has 0 aliphatic heterocycles. The second-order valence-corrected chi connectivity index (χ2v) is 8.07. The average Bonchev–Trinajstić information content (AvgIpc) is 2.85. The number of benzene rings is 1. The largest absolute Gasteiger partial charge is 0.250 e. The molecule has 0 fully saturated rings. The van der Waals surface area contributed by atoms with E-state index in [1.807, 2.05) is 6.92 Å². The van der Waals surface area contributed by atoms with Crippen molar-refractivity contribution in [3.05, 3.63) is 45.9 Å². The van der Waals surface area contributed by atoms with Gasteiger partial charge in [-0.2, -0.15) is 4.31 Å². The summed E-state index contributed by atoms with van der Waals surface area (Å²) in [5.74, 6) is 0.524. The average molecular weight is 345 g/mol. The molecule has 0 amide bonds. The Kier molecular flexibility index (Phi) is 5.37. The van der Waals surface area contributed by atoms with Gasteiger partial charge in [0.25, 0.3) is 0 Å². The van der Waals surface area contributed by atoms with Crippen LogP contribution in [0.5, 0.6) is 0 Å². The quantitative estimate of drug-likeness (QED) is 0.757. The summed E-state index contributed by atoms with van der Waals surface area (Å²) < 4.78 is 26.4. The van der Waals surface area contributed by atoms with Gasteiger partial charge in [-0.05, 0) is 31.0 Å². The minimum atomic E-state index is -3.48. The van der Waals surface area contributed by atoms with Gasteiger partial charge in [0.15, 0.2) is 0 Å². The minimum absolute atomic E-state index is 0.297. The van der Waals surface area contributed by atoms with Gasteiger partial charge in [-0.25, -0.2) is 13.4 Å². The summed E-state index contributed by atoms with van der Waals surface area (Å²) in [4.78, 5) is 5.40. The van der Waals surface area contributed by atoms with Crippen LogP contribution in [0.15, 0.2) is 34.7 Å². The van der Waals surface area contributed by atoms with E-state index >= 15 is 0 Å².